The number of hydrogen-bond acceptors (Lipinski definition) is 6. The fourth-order valence-corrected chi connectivity index (χ4v) is 8.43. The zero-order valence-electron chi connectivity index (χ0n) is 19.3. The lowest BCUT2D eigenvalue weighted by atomic mass is 9.75. The number of aliphatic hydroxyl groups excluding tert-OH is 1. The number of β-amino-alcohol motifs (C(OH)–C–C–N with tert-alkyl or cyclic N) is 1. The van der Waals surface area contributed by atoms with Crippen LogP contribution in [0.2, 0.25) is 0 Å². The standard InChI is InChI=1S/C27H26N2O5S/c1-26-10-5-15-34-25(33)21(26)20-23(31)29(13-14-30)22-24(32)28(12-4-11-27(20,22)35-26)19-9-8-17-6-2-3-7-18(17)16-19/h2-11,16,20-22,30H,12-15H2,1H3/t20-,21-,22?,26+,27-/m0/s1. The highest BCUT2D eigenvalue weighted by Crippen LogP contribution is 2.65. The van der Waals surface area contributed by atoms with Gasteiger partial charge in [-0.05, 0) is 35.9 Å². The Morgan fingerprint density at radius 1 is 1.03 bits per heavy atom. The van der Waals surface area contributed by atoms with Gasteiger partial charge in [-0.3, -0.25) is 14.4 Å². The molecule has 0 bridgehead atoms. The van der Waals surface area contributed by atoms with Gasteiger partial charge in [-0.1, -0.05) is 48.6 Å². The molecule has 2 amide bonds. The average Bonchev–Trinajstić information content (AvgIpc) is 3.09. The summed E-state index contributed by atoms with van der Waals surface area (Å²) in [7, 11) is 0. The number of thioether (sulfide) groups is 1. The molecule has 0 saturated carbocycles. The van der Waals surface area contributed by atoms with Crippen LogP contribution >= 0.6 is 11.8 Å². The number of esters is 1. The highest BCUT2D eigenvalue weighted by atomic mass is 32.2. The molecule has 1 spiro atoms. The first-order valence-electron chi connectivity index (χ1n) is 11.8. The summed E-state index contributed by atoms with van der Waals surface area (Å²) >= 11 is 1.50. The van der Waals surface area contributed by atoms with Crippen LogP contribution in [-0.4, -0.2) is 69.6 Å². The number of likely N-dealkylation sites (tertiary alicyclic amines) is 1. The number of cyclic esters (lactones) is 1. The van der Waals surface area contributed by atoms with E-state index >= 15 is 0 Å². The van der Waals surface area contributed by atoms with E-state index in [2.05, 4.69) is 0 Å². The van der Waals surface area contributed by atoms with Crippen molar-refractivity contribution >= 4 is 46.0 Å². The number of hydrogen-bond donors (Lipinski definition) is 1. The maximum absolute atomic E-state index is 14.3. The van der Waals surface area contributed by atoms with Gasteiger partial charge in [0.2, 0.25) is 5.91 Å². The van der Waals surface area contributed by atoms with Crippen molar-refractivity contribution in [1.29, 1.82) is 0 Å². The van der Waals surface area contributed by atoms with Crippen LogP contribution in [0.3, 0.4) is 0 Å². The molecule has 4 heterocycles. The summed E-state index contributed by atoms with van der Waals surface area (Å²) in [6.45, 7) is 2.24. The van der Waals surface area contributed by atoms with Gasteiger partial charge in [-0.2, -0.15) is 0 Å². The number of rotatable bonds is 3. The molecular formula is C27H26N2O5S. The molecule has 7 nitrogen and oxygen atoms in total. The van der Waals surface area contributed by atoms with E-state index in [1.54, 1.807) is 4.90 Å². The molecule has 2 aromatic carbocycles. The zero-order chi connectivity index (χ0) is 24.4. The Balaban J connectivity index is 1.48. The summed E-state index contributed by atoms with van der Waals surface area (Å²) in [4.78, 5) is 44.4. The van der Waals surface area contributed by atoms with E-state index < -0.39 is 33.3 Å². The van der Waals surface area contributed by atoms with Gasteiger partial charge in [0, 0.05) is 23.5 Å². The number of amides is 2. The van der Waals surface area contributed by atoms with Crippen molar-refractivity contribution in [2.45, 2.75) is 22.5 Å². The molecule has 1 unspecified atom stereocenters. The van der Waals surface area contributed by atoms with E-state index in [0.29, 0.717) is 6.54 Å². The number of nitrogens with zero attached hydrogens (tertiary/aromatic N) is 2. The number of aliphatic hydroxyl groups is 1. The lowest BCUT2D eigenvalue weighted by Crippen LogP contribution is -2.54. The van der Waals surface area contributed by atoms with Gasteiger partial charge in [0.1, 0.15) is 12.6 Å². The van der Waals surface area contributed by atoms with Crippen molar-refractivity contribution in [2.75, 3.05) is 31.2 Å². The molecule has 8 heteroatoms. The first-order valence-corrected chi connectivity index (χ1v) is 12.6. The van der Waals surface area contributed by atoms with Crippen LogP contribution < -0.4 is 4.90 Å². The second kappa shape index (κ2) is 7.96. The van der Waals surface area contributed by atoms with E-state index in [1.807, 2.05) is 73.7 Å². The number of anilines is 1. The van der Waals surface area contributed by atoms with Gasteiger partial charge >= 0.3 is 5.97 Å². The summed E-state index contributed by atoms with van der Waals surface area (Å²) in [6, 6.07) is 13.0. The van der Waals surface area contributed by atoms with Crippen molar-refractivity contribution in [2.24, 2.45) is 11.8 Å². The third kappa shape index (κ3) is 3.12. The van der Waals surface area contributed by atoms with Crippen LogP contribution in [-0.2, 0) is 19.1 Å². The SMILES string of the molecule is C[C@@]12C=CCOC(=O)[C@@H]1[C@H]1C(=O)N(CCO)C3C(=O)N(c4ccc5ccccc5c4)CC=C[C@@]31S2. The van der Waals surface area contributed by atoms with Gasteiger partial charge in [-0.25, -0.2) is 0 Å². The van der Waals surface area contributed by atoms with Crippen molar-refractivity contribution in [3.8, 4) is 0 Å². The van der Waals surface area contributed by atoms with E-state index in [-0.39, 0.29) is 31.6 Å². The quantitative estimate of drug-likeness (QED) is 0.526. The van der Waals surface area contributed by atoms with Crippen LogP contribution in [0.4, 0.5) is 5.69 Å². The van der Waals surface area contributed by atoms with Crippen LogP contribution in [0.1, 0.15) is 6.92 Å². The maximum Gasteiger partial charge on any atom is 0.311 e. The Labute approximate surface area is 207 Å². The molecule has 0 radical (unpaired) electrons. The Morgan fingerprint density at radius 2 is 1.83 bits per heavy atom. The minimum atomic E-state index is -0.935. The second-order valence-electron chi connectivity index (χ2n) is 9.67. The molecule has 2 saturated heterocycles. The summed E-state index contributed by atoms with van der Waals surface area (Å²) in [5, 5.41) is 11.9. The minimum absolute atomic E-state index is 0.0295. The Bertz CT molecular complexity index is 1310. The highest BCUT2D eigenvalue weighted by Gasteiger charge is 2.74. The highest BCUT2D eigenvalue weighted by molar-refractivity contribution is 8.02. The first-order chi connectivity index (χ1) is 16.9. The molecule has 35 heavy (non-hydrogen) atoms. The summed E-state index contributed by atoms with van der Waals surface area (Å²) < 4.78 is 3.81. The number of carbonyl (C=O) groups excluding carboxylic acids is 3. The second-order valence-corrected chi connectivity index (χ2v) is 11.5. The largest absolute Gasteiger partial charge is 0.461 e. The smallest absolute Gasteiger partial charge is 0.311 e. The predicted octanol–water partition coefficient (Wildman–Crippen LogP) is 2.54. The zero-order valence-corrected chi connectivity index (χ0v) is 20.1. The number of ether oxygens (including phenoxy) is 1. The fraction of sp³-hybridized carbons (Fsp3) is 0.370. The molecule has 2 fully saturated rings. The van der Waals surface area contributed by atoms with Gasteiger partial charge in [-0.15, -0.1) is 11.8 Å². The number of carbonyl (C=O) groups is 3. The van der Waals surface area contributed by atoms with E-state index in [9.17, 15) is 19.5 Å². The minimum Gasteiger partial charge on any atom is -0.461 e. The van der Waals surface area contributed by atoms with Crippen molar-refractivity contribution in [1.82, 2.24) is 4.90 Å². The maximum atomic E-state index is 14.3. The number of benzene rings is 2. The van der Waals surface area contributed by atoms with Gasteiger partial charge in [0.15, 0.2) is 0 Å². The Hall–Kier alpha value is -3.10. The third-order valence-corrected chi connectivity index (χ3v) is 9.49. The van der Waals surface area contributed by atoms with Crippen LogP contribution in [0, 0.1) is 11.8 Å². The molecule has 5 atom stereocenters. The van der Waals surface area contributed by atoms with Gasteiger partial charge in [0.25, 0.3) is 5.91 Å². The molecule has 6 rings (SSSR count). The molecule has 0 aromatic heterocycles. The van der Waals surface area contributed by atoms with E-state index in [4.69, 9.17) is 4.74 Å². The van der Waals surface area contributed by atoms with Crippen molar-refractivity contribution < 1.29 is 24.2 Å². The predicted molar refractivity (Wildman–Crippen MR) is 134 cm³/mol. The lowest BCUT2D eigenvalue weighted by molar-refractivity contribution is -0.152. The van der Waals surface area contributed by atoms with Gasteiger partial charge < -0.3 is 19.6 Å². The molecular weight excluding hydrogens is 464 g/mol. The topological polar surface area (TPSA) is 87.1 Å². The first kappa shape index (κ1) is 22.4. The summed E-state index contributed by atoms with van der Waals surface area (Å²) in [5.74, 6) is -2.37. The van der Waals surface area contributed by atoms with Crippen LogP contribution in [0.15, 0.2) is 66.8 Å². The average molecular weight is 491 g/mol. The van der Waals surface area contributed by atoms with Crippen LogP contribution in [0.25, 0.3) is 10.8 Å². The molecule has 4 aliphatic rings. The Kier molecular flexibility index (Phi) is 5.09. The fourth-order valence-electron chi connectivity index (χ4n) is 6.28. The monoisotopic (exact) mass is 490 g/mol. The van der Waals surface area contributed by atoms with Crippen LogP contribution in [0.5, 0.6) is 0 Å². The molecule has 180 valence electrons. The summed E-state index contributed by atoms with van der Waals surface area (Å²) in [6.07, 6.45) is 7.66. The molecule has 4 aliphatic heterocycles. The molecule has 1 N–H and O–H groups in total. The van der Waals surface area contributed by atoms with Crippen molar-refractivity contribution in [3.05, 3.63) is 66.8 Å². The molecule has 2 aromatic rings. The Morgan fingerprint density at radius 3 is 2.63 bits per heavy atom. The van der Waals surface area contributed by atoms with Gasteiger partial charge in [0.05, 0.1) is 23.2 Å². The normalized spacial score (nSPS) is 33.9. The van der Waals surface area contributed by atoms with Crippen molar-refractivity contribution in [3.63, 3.8) is 0 Å². The number of fused-ring (bicyclic) bond motifs is 3. The van der Waals surface area contributed by atoms with E-state index in [1.165, 1.54) is 16.7 Å². The summed E-state index contributed by atoms with van der Waals surface area (Å²) in [5.41, 5.74) is 0.748. The van der Waals surface area contributed by atoms with E-state index in [0.717, 1.165) is 16.5 Å². The molecule has 0 aliphatic carbocycles. The lowest BCUT2D eigenvalue weighted by Gasteiger charge is -2.36. The third-order valence-electron chi connectivity index (χ3n) is 7.70.